The number of anilines is 1. The van der Waals surface area contributed by atoms with Crippen LogP contribution in [0.15, 0.2) is 41.4 Å². The second-order valence-electron chi connectivity index (χ2n) is 6.23. The van der Waals surface area contributed by atoms with Gasteiger partial charge in [-0.25, -0.2) is 4.79 Å². The molecule has 0 aromatic heterocycles. The summed E-state index contributed by atoms with van der Waals surface area (Å²) in [6, 6.07) is 11.5. The second kappa shape index (κ2) is 8.68. The molecule has 0 saturated carbocycles. The van der Waals surface area contributed by atoms with Crippen molar-refractivity contribution < 1.29 is 19.0 Å². The van der Waals surface area contributed by atoms with Gasteiger partial charge in [-0.1, -0.05) is 6.07 Å². The Bertz CT molecular complexity index is 842. The van der Waals surface area contributed by atoms with E-state index in [1.807, 2.05) is 25.1 Å². The van der Waals surface area contributed by atoms with Crippen LogP contribution >= 0.6 is 0 Å². The molecular formula is C21H24N2O4. The van der Waals surface area contributed by atoms with Gasteiger partial charge in [0.15, 0.2) is 0 Å². The molecule has 1 saturated heterocycles. The molecule has 1 aliphatic rings. The van der Waals surface area contributed by atoms with E-state index < -0.39 is 0 Å². The first-order valence-corrected chi connectivity index (χ1v) is 8.86. The summed E-state index contributed by atoms with van der Waals surface area (Å²) in [5.74, 6) is 0.390. The van der Waals surface area contributed by atoms with E-state index in [1.54, 1.807) is 25.5 Å². The van der Waals surface area contributed by atoms with Crippen molar-refractivity contribution in [1.82, 2.24) is 0 Å². The molecule has 0 amide bonds. The minimum Gasteiger partial charge on any atom is -0.496 e. The van der Waals surface area contributed by atoms with Crippen molar-refractivity contribution in [3.8, 4) is 5.75 Å². The fraction of sp³-hybridized carbons (Fsp3) is 0.333. The Morgan fingerprint density at radius 2 is 1.96 bits per heavy atom. The van der Waals surface area contributed by atoms with Crippen LogP contribution in [0.25, 0.3) is 0 Å². The third kappa shape index (κ3) is 4.28. The lowest BCUT2D eigenvalue weighted by atomic mass is 10.1. The molecule has 1 fully saturated rings. The van der Waals surface area contributed by atoms with E-state index in [9.17, 15) is 4.79 Å². The van der Waals surface area contributed by atoms with Gasteiger partial charge in [0.1, 0.15) is 5.75 Å². The molecule has 3 rings (SSSR count). The van der Waals surface area contributed by atoms with Gasteiger partial charge in [0.2, 0.25) is 0 Å². The van der Waals surface area contributed by atoms with Gasteiger partial charge in [0.05, 0.1) is 38.7 Å². The average molecular weight is 368 g/mol. The largest absolute Gasteiger partial charge is 0.496 e. The minimum absolute atomic E-state index is 0.364. The van der Waals surface area contributed by atoms with Gasteiger partial charge in [-0.3, -0.25) is 4.99 Å². The molecule has 2 aromatic rings. The van der Waals surface area contributed by atoms with Crippen LogP contribution in [-0.2, 0) is 9.47 Å². The van der Waals surface area contributed by atoms with E-state index in [0.29, 0.717) is 5.56 Å². The number of ether oxygens (including phenoxy) is 3. The highest BCUT2D eigenvalue weighted by Crippen LogP contribution is 2.27. The number of esters is 1. The molecule has 27 heavy (non-hydrogen) atoms. The molecule has 6 nitrogen and oxygen atoms in total. The summed E-state index contributed by atoms with van der Waals surface area (Å²) >= 11 is 0. The molecule has 0 N–H and O–H groups in total. The van der Waals surface area contributed by atoms with Crippen LogP contribution in [-0.4, -0.2) is 52.7 Å². The van der Waals surface area contributed by atoms with Crippen LogP contribution in [0.5, 0.6) is 5.75 Å². The van der Waals surface area contributed by atoms with Crippen molar-refractivity contribution in [3.63, 3.8) is 0 Å². The first-order valence-electron chi connectivity index (χ1n) is 8.86. The number of hydrogen-bond acceptors (Lipinski definition) is 6. The van der Waals surface area contributed by atoms with Crippen LogP contribution in [0.2, 0.25) is 0 Å². The van der Waals surface area contributed by atoms with Gasteiger partial charge in [-0.15, -0.1) is 0 Å². The zero-order valence-corrected chi connectivity index (χ0v) is 15.9. The van der Waals surface area contributed by atoms with Crippen LogP contribution in [0, 0.1) is 6.92 Å². The molecule has 0 spiro atoms. The zero-order valence-electron chi connectivity index (χ0n) is 15.9. The number of benzene rings is 2. The number of morpholine rings is 1. The minimum atomic E-state index is -0.364. The molecule has 6 heteroatoms. The summed E-state index contributed by atoms with van der Waals surface area (Å²) in [5, 5.41) is 0. The molecule has 0 atom stereocenters. The Kier molecular flexibility index (Phi) is 6.08. The number of rotatable bonds is 5. The maximum Gasteiger partial charge on any atom is 0.338 e. The van der Waals surface area contributed by atoms with Gasteiger partial charge in [-0.05, 0) is 36.8 Å². The van der Waals surface area contributed by atoms with Crippen molar-refractivity contribution in [2.24, 2.45) is 4.99 Å². The maximum absolute atomic E-state index is 11.8. The fourth-order valence-corrected chi connectivity index (χ4v) is 3.06. The predicted molar refractivity (Wildman–Crippen MR) is 106 cm³/mol. The number of aliphatic imine (C=N–C) groups is 1. The Morgan fingerprint density at radius 3 is 2.67 bits per heavy atom. The van der Waals surface area contributed by atoms with Gasteiger partial charge in [-0.2, -0.15) is 0 Å². The van der Waals surface area contributed by atoms with Crippen molar-refractivity contribution in [3.05, 3.63) is 53.1 Å². The lowest BCUT2D eigenvalue weighted by Gasteiger charge is -2.29. The third-order valence-corrected chi connectivity index (χ3v) is 4.65. The van der Waals surface area contributed by atoms with Crippen LogP contribution in [0.1, 0.15) is 21.5 Å². The van der Waals surface area contributed by atoms with Gasteiger partial charge >= 0.3 is 5.97 Å². The highest BCUT2D eigenvalue weighted by Gasteiger charge is 2.14. The summed E-state index contributed by atoms with van der Waals surface area (Å²) in [7, 11) is 3.03. The van der Waals surface area contributed by atoms with Gasteiger partial charge in [0, 0.05) is 36.6 Å². The Hall–Kier alpha value is -2.86. The second-order valence-corrected chi connectivity index (χ2v) is 6.23. The number of carbonyl (C=O) groups excluding carboxylic acids is 1. The standard InChI is InChI=1S/C21H24N2O4/c1-15-18(21(24)26-3)5-4-6-19(15)22-14-16-7-8-17(13-20(16)25-2)23-9-11-27-12-10-23/h4-8,13-14H,9-12H2,1-3H3. The van der Waals surface area contributed by atoms with Crippen LogP contribution in [0.4, 0.5) is 11.4 Å². The smallest absolute Gasteiger partial charge is 0.338 e. The Labute approximate surface area is 159 Å². The average Bonchev–Trinajstić information content (AvgIpc) is 2.73. The van der Waals surface area contributed by atoms with E-state index in [-0.39, 0.29) is 5.97 Å². The molecule has 142 valence electrons. The summed E-state index contributed by atoms with van der Waals surface area (Å²) in [6.07, 6.45) is 1.76. The number of nitrogens with zero attached hydrogens (tertiary/aromatic N) is 2. The summed E-state index contributed by atoms with van der Waals surface area (Å²) in [6.45, 7) is 5.08. The Balaban J connectivity index is 1.86. The summed E-state index contributed by atoms with van der Waals surface area (Å²) < 4.78 is 15.8. The summed E-state index contributed by atoms with van der Waals surface area (Å²) in [5.41, 5.74) is 4.00. The molecule has 1 aliphatic heterocycles. The highest BCUT2D eigenvalue weighted by molar-refractivity contribution is 5.93. The molecule has 0 radical (unpaired) electrons. The maximum atomic E-state index is 11.8. The number of methoxy groups -OCH3 is 2. The van der Waals surface area contributed by atoms with Crippen molar-refractivity contribution in [2.45, 2.75) is 6.92 Å². The zero-order chi connectivity index (χ0) is 19.2. The highest BCUT2D eigenvalue weighted by atomic mass is 16.5. The number of carbonyl (C=O) groups is 1. The molecular weight excluding hydrogens is 344 g/mol. The predicted octanol–water partition coefficient (Wildman–Crippen LogP) is 3.38. The SMILES string of the molecule is COC(=O)c1cccc(N=Cc2ccc(N3CCOCC3)cc2OC)c1C. The van der Waals surface area contributed by atoms with Gasteiger partial charge < -0.3 is 19.1 Å². The molecule has 0 bridgehead atoms. The molecule has 2 aromatic carbocycles. The van der Waals surface area contributed by atoms with Crippen molar-refractivity contribution in [2.75, 3.05) is 45.4 Å². The topological polar surface area (TPSA) is 60.4 Å². The molecule has 0 unspecified atom stereocenters. The van der Waals surface area contributed by atoms with E-state index in [2.05, 4.69) is 16.0 Å². The Morgan fingerprint density at radius 1 is 1.19 bits per heavy atom. The molecule has 0 aliphatic carbocycles. The summed E-state index contributed by atoms with van der Waals surface area (Å²) in [4.78, 5) is 18.7. The normalized spacial score (nSPS) is 14.4. The first kappa shape index (κ1) is 18.9. The lowest BCUT2D eigenvalue weighted by molar-refractivity contribution is 0.0600. The quantitative estimate of drug-likeness (QED) is 0.598. The van der Waals surface area contributed by atoms with E-state index in [1.165, 1.54) is 7.11 Å². The monoisotopic (exact) mass is 368 g/mol. The van der Waals surface area contributed by atoms with Crippen molar-refractivity contribution >= 4 is 23.6 Å². The van der Waals surface area contributed by atoms with Crippen LogP contribution < -0.4 is 9.64 Å². The fourth-order valence-electron chi connectivity index (χ4n) is 3.06. The van der Waals surface area contributed by atoms with Crippen molar-refractivity contribution in [1.29, 1.82) is 0 Å². The van der Waals surface area contributed by atoms with E-state index >= 15 is 0 Å². The molecule has 1 heterocycles. The van der Waals surface area contributed by atoms with Crippen LogP contribution in [0.3, 0.4) is 0 Å². The van der Waals surface area contributed by atoms with Gasteiger partial charge in [0.25, 0.3) is 0 Å². The van der Waals surface area contributed by atoms with E-state index in [4.69, 9.17) is 14.2 Å². The van der Waals surface area contributed by atoms with E-state index in [0.717, 1.165) is 54.6 Å². The first-order chi connectivity index (χ1) is 13.1. The lowest BCUT2D eigenvalue weighted by Crippen LogP contribution is -2.36. The third-order valence-electron chi connectivity index (χ3n) is 4.65. The number of hydrogen-bond donors (Lipinski definition) is 0.